The summed E-state index contributed by atoms with van der Waals surface area (Å²) in [5, 5.41) is 4.37. The van der Waals surface area contributed by atoms with Crippen LogP contribution in [0.3, 0.4) is 0 Å². The lowest BCUT2D eigenvalue weighted by molar-refractivity contribution is -0.124. The zero-order chi connectivity index (χ0) is 24.9. The zero-order valence-corrected chi connectivity index (χ0v) is 20.2. The second-order valence-electron chi connectivity index (χ2n) is 7.58. The van der Waals surface area contributed by atoms with Crippen LogP contribution in [0.25, 0.3) is 0 Å². The molecule has 2 N–H and O–H groups in total. The summed E-state index contributed by atoms with van der Waals surface area (Å²) in [5.74, 6) is -0.775. The maximum Gasteiger partial charge on any atom is 0.269 e. The third kappa shape index (κ3) is 5.26. The molecule has 0 radical (unpaired) electrons. The van der Waals surface area contributed by atoms with Crippen LogP contribution < -0.4 is 20.4 Å². The molecule has 1 saturated heterocycles. The van der Waals surface area contributed by atoms with E-state index >= 15 is 0 Å². The van der Waals surface area contributed by atoms with Crippen LogP contribution in [0.4, 0.5) is 11.4 Å². The molecule has 178 valence electrons. The van der Waals surface area contributed by atoms with Crippen LogP contribution in [0.2, 0.25) is 5.02 Å². The molecule has 35 heavy (non-hydrogen) atoms. The number of hydrogen-bond donors (Lipinski definition) is 2. The van der Waals surface area contributed by atoms with E-state index in [1.54, 1.807) is 78.9 Å². The minimum atomic E-state index is -1.07. The second-order valence-corrected chi connectivity index (χ2v) is 8.35. The number of carbonyl (C=O) groups excluding carboxylic acids is 3. The third-order valence-electron chi connectivity index (χ3n) is 5.33. The van der Waals surface area contributed by atoms with Crippen molar-refractivity contribution < 1.29 is 19.1 Å². The number of nitrogens with zero attached hydrogens (tertiary/aromatic N) is 2. The third-order valence-corrected chi connectivity index (χ3v) is 6.04. The standard InChI is InChI=1S/C25H21ClN4O4S/c1-34-18-13-11-17(12-14-18)29-24(33)21(15-22(31)27-20-10-6-5-9-19(20)26)30(25(29)35)28-23(32)16-7-3-2-4-8-16/h2-14,21H,15H2,1H3,(H,27,31)(H,28,32). The van der Waals surface area contributed by atoms with E-state index in [0.29, 0.717) is 27.7 Å². The average molecular weight is 509 g/mol. The van der Waals surface area contributed by atoms with Gasteiger partial charge in [0.15, 0.2) is 0 Å². The van der Waals surface area contributed by atoms with E-state index < -0.39 is 23.8 Å². The zero-order valence-electron chi connectivity index (χ0n) is 18.6. The summed E-state index contributed by atoms with van der Waals surface area (Å²) < 4.78 is 5.18. The van der Waals surface area contributed by atoms with E-state index in [-0.39, 0.29) is 11.5 Å². The lowest BCUT2D eigenvalue weighted by Gasteiger charge is -2.24. The van der Waals surface area contributed by atoms with Crippen molar-refractivity contribution in [1.82, 2.24) is 10.4 Å². The first-order valence-electron chi connectivity index (χ1n) is 10.6. The fourth-order valence-corrected chi connectivity index (χ4v) is 4.12. The van der Waals surface area contributed by atoms with Gasteiger partial charge in [0.1, 0.15) is 11.8 Å². The molecule has 8 nitrogen and oxygen atoms in total. The van der Waals surface area contributed by atoms with Crippen LogP contribution in [0, 0.1) is 0 Å². The van der Waals surface area contributed by atoms with Crippen molar-refractivity contribution in [3.8, 4) is 5.75 Å². The quantitative estimate of drug-likeness (QED) is 0.468. The molecule has 0 saturated carbocycles. The van der Waals surface area contributed by atoms with E-state index in [2.05, 4.69) is 10.7 Å². The van der Waals surface area contributed by atoms with Gasteiger partial charge in [-0.25, -0.2) is 5.01 Å². The molecule has 1 aliphatic heterocycles. The van der Waals surface area contributed by atoms with Crippen LogP contribution >= 0.6 is 23.8 Å². The SMILES string of the molecule is COc1ccc(N2C(=O)C(CC(=O)Nc3ccccc3Cl)N(NC(=O)c3ccccc3)C2=S)cc1. The van der Waals surface area contributed by atoms with Crippen molar-refractivity contribution in [3.05, 3.63) is 89.4 Å². The number of anilines is 2. The van der Waals surface area contributed by atoms with Crippen LogP contribution in [-0.2, 0) is 9.59 Å². The van der Waals surface area contributed by atoms with Gasteiger partial charge in [-0.3, -0.25) is 24.7 Å². The van der Waals surface area contributed by atoms with Gasteiger partial charge >= 0.3 is 0 Å². The Morgan fingerprint density at radius 2 is 1.66 bits per heavy atom. The number of ether oxygens (including phenoxy) is 1. The summed E-state index contributed by atoms with van der Waals surface area (Å²) >= 11 is 11.7. The number of methoxy groups -OCH3 is 1. The predicted molar refractivity (Wildman–Crippen MR) is 137 cm³/mol. The summed E-state index contributed by atoms with van der Waals surface area (Å²) in [7, 11) is 1.54. The number of amides is 3. The number of benzene rings is 3. The lowest BCUT2D eigenvalue weighted by atomic mass is 10.1. The fourth-order valence-electron chi connectivity index (χ4n) is 3.57. The Labute approximate surface area is 212 Å². The van der Waals surface area contributed by atoms with Crippen molar-refractivity contribution in [2.75, 3.05) is 17.3 Å². The first-order valence-corrected chi connectivity index (χ1v) is 11.4. The summed E-state index contributed by atoms with van der Waals surface area (Å²) in [6, 6.07) is 20.9. The van der Waals surface area contributed by atoms with Crippen molar-refractivity contribution >= 4 is 58.0 Å². The highest BCUT2D eigenvalue weighted by Gasteiger charge is 2.45. The minimum Gasteiger partial charge on any atom is -0.497 e. The highest BCUT2D eigenvalue weighted by Crippen LogP contribution is 2.28. The van der Waals surface area contributed by atoms with Crippen molar-refractivity contribution in [2.45, 2.75) is 12.5 Å². The van der Waals surface area contributed by atoms with E-state index in [1.165, 1.54) is 17.0 Å². The Morgan fingerprint density at radius 3 is 2.31 bits per heavy atom. The molecule has 4 rings (SSSR count). The number of rotatable bonds is 7. The number of halogens is 1. The van der Waals surface area contributed by atoms with Gasteiger partial charge in [0, 0.05) is 5.56 Å². The van der Waals surface area contributed by atoms with Gasteiger partial charge < -0.3 is 10.1 Å². The Balaban J connectivity index is 1.61. The van der Waals surface area contributed by atoms with Crippen molar-refractivity contribution in [1.29, 1.82) is 0 Å². The molecule has 1 aliphatic rings. The molecular weight excluding hydrogens is 488 g/mol. The smallest absolute Gasteiger partial charge is 0.269 e. The van der Waals surface area contributed by atoms with Gasteiger partial charge in [-0.1, -0.05) is 41.9 Å². The van der Waals surface area contributed by atoms with E-state index in [9.17, 15) is 14.4 Å². The molecule has 10 heteroatoms. The molecule has 0 aliphatic carbocycles. The van der Waals surface area contributed by atoms with E-state index in [4.69, 9.17) is 28.6 Å². The Morgan fingerprint density at radius 1 is 1.00 bits per heavy atom. The topological polar surface area (TPSA) is 91.0 Å². The van der Waals surface area contributed by atoms with Gasteiger partial charge in [-0.15, -0.1) is 0 Å². The summed E-state index contributed by atoms with van der Waals surface area (Å²) in [6.45, 7) is 0. The maximum atomic E-state index is 13.5. The number of hydrogen-bond acceptors (Lipinski definition) is 5. The first kappa shape index (κ1) is 24.2. The Hall–Kier alpha value is -3.95. The van der Waals surface area contributed by atoms with Crippen LogP contribution in [-0.4, -0.2) is 41.0 Å². The predicted octanol–water partition coefficient (Wildman–Crippen LogP) is 4.02. The van der Waals surface area contributed by atoms with Gasteiger partial charge in [0.25, 0.3) is 11.8 Å². The first-order chi connectivity index (χ1) is 16.9. The Bertz CT molecular complexity index is 1270. The summed E-state index contributed by atoms with van der Waals surface area (Å²) in [4.78, 5) is 40.5. The largest absolute Gasteiger partial charge is 0.497 e. The molecule has 0 aromatic heterocycles. The fraction of sp³-hybridized carbons (Fsp3) is 0.120. The van der Waals surface area contributed by atoms with Crippen LogP contribution in [0.5, 0.6) is 5.75 Å². The average Bonchev–Trinajstić information content (AvgIpc) is 3.09. The summed E-state index contributed by atoms with van der Waals surface area (Å²) in [6.07, 6.45) is -0.272. The molecule has 0 bridgehead atoms. The van der Waals surface area contributed by atoms with E-state index in [1.807, 2.05) is 0 Å². The molecule has 1 heterocycles. The molecular formula is C25H21ClN4O4S. The van der Waals surface area contributed by atoms with Crippen LogP contribution in [0.15, 0.2) is 78.9 Å². The number of para-hydroxylation sites is 1. The molecule has 3 aromatic carbocycles. The van der Waals surface area contributed by atoms with Gasteiger partial charge in [-0.05, 0) is 60.7 Å². The highest BCUT2D eigenvalue weighted by atomic mass is 35.5. The van der Waals surface area contributed by atoms with Crippen LogP contribution in [0.1, 0.15) is 16.8 Å². The molecule has 1 fully saturated rings. The normalized spacial score (nSPS) is 15.2. The monoisotopic (exact) mass is 508 g/mol. The molecule has 1 atom stereocenters. The molecule has 3 amide bonds. The van der Waals surface area contributed by atoms with Crippen molar-refractivity contribution in [2.24, 2.45) is 0 Å². The molecule has 0 spiro atoms. The summed E-state index contributed by atoms with van der Waals surface area (Å²) in [5.41, 5.74) is 3.96. The van der Waals surface area contributed by atoms with E-state index in [0.717, 1.165) is 0 Å². The molecule has 1 unspecified atom stereocenters. The number of thiocarbonyl (C=S) groups is 1. The number of hydrazine groups is 1. The maximum absolute atomic E-state index is 13.5. The Kier molecular flexibility index (Phi) is 7.28. The number of carbonyl (C=O) groups is 3. The van der Waals surface area contributed by atoms with Gasteiger partial charge in [0.2, 0.25) is 11.0 Å². The minimum absolute atomic E-state index is 0.0417. The molecule has 3 aromatic rings. The lowest BCUT2D eigenvalue weighted by Crippen LogP contribution is -2.49. The van der Waals surface area contributed by atoms with Gasteiger partial charge in [0.05, 0.1) is 29.9 Å². The highest BCUT2D eigenvalue weighted by molar-refractivity contribution is 7.80. The van der Waals surface area contributed by atoms with Gasteiger partial charge in [-0.2, -0.15) is 0 Å². The van der Waals surface area contributed by atoms with Crippen molar-refractivity contribution in [3.63, 3.8) is 0 Å². The second kappa shape index (κ2) is 10.5. The number of nitrogens with one attached hydrogen (secondary N) is 2.